The van der Waals surface area contributed by atoms with Crippen molar-refractivity contribution < 1.29 is 4.79 Å². The molecule has 0 radical (unpaired) electrons. The summed E-state index contributed by atoms with van der Waals surface area (Å²) in [6.45, 7) is 3.92. The number of likely N-dealkylation sites (N-methyl/N-ethyl adjacent to an activating group) is 1. The molecule has 4 heteroatoms. The zero-order valence-electron chi connectivity index (χ0n) is 13.1. The number of carbonyl (C=O) groups is 1. The summed E-state index contributed by atoms with van der Waals surface area (Å²) in [6, 6.07) is 7.94. The molecule has 2 heterocycles. The minimum atomic E-state index is -0.0604. The molecular weight excluding hydrogens is 274 g/mol. The molecule has 1 amide bonds. The Bertz CT molecular complexity index is 696. The fourth-order valence-electron chi connectivity index (χ4n) is 2.97. The summed E-state index contributed by atoms with van der Waals surface area (Å²) in [6.07, 6.45) is 5.36. The maximum Gasteiger partial charge on any atom is 0.257 e. The predicted octanol–water partition coefficient (Wildman–Crippen LogP) is 2.88. The van der Waals surface area contributed by atoms with E-state index >= 15 is 0 Å². The molecule has 0 atom stereocenters. The molecule has 1 aromatic heterocycles. The second-order valence-corrected chi connectivity index (χ2v) is 5.78. The van der Waals surface area contributed by atoms with Crippen LogP contribution >= 0.6 is 0 Å². The molecule has 3 rings (SSSR count). The Labute approximate surface area is 131 Å². The molecule has 1 N–H and O–H groups in total. The molecule has 0 aliphatic carbocycles. The van der Waals surface area contributed by atoms with E-state index in [1.165, 1.54) is 0 Å². The highest BCUT2D eigenvalue weighted by Crippen LogP contribution is 2.22. The van der Waals surface area contributed by atoms with Gasteiger partial charge in [0.25, 0.3) is 5.91 Å². The van der Waals surface area contributed by atoms with Gasteiger partial charge in [-0.3, -0.25) is 9.78 Å². The summed E-state index contributed by atoms with van der Waals surface area (Å²) in [5, 5.41) is 3.05. The lowest BCUT2D eigenvalue weighted by atomic mass is 9.97. The molecule has 0 saturated heterocycles. The summed E-state index contributed by atoms with van der Waals surface area (Å²) >= 11 is 0. The van der Waals surface area contributed by atoms with Gasteiger partial charge < -0.3 is 10.2 Å². The van der Waals surface area contributed by atoms with E-state index in [9.17, 15) is 4.79 Å². The van der Waals surface area contributed by atoms with Crippen molar-refractivity contribution in [2.45, 2.75) is 26.3 Å². The van der Waals surface area contributed by atoms with Crippen LogP contribution in [-0.2, 0) is 19.4 Å². The highest BCUT2D eigenvalue weighted by Gasteiger charge is 2.20. The zero-order chi connectivity index (χ0) is 15.5. The van der Waals surface area contributed by atoms with Crippen LogP contribution in [0.3, 0.4) is 0 Å². The maximum absolute atomic E-state index is 12.7. The number of aryl methyl sites for hydroxylation is 1. The maximum atomic E-state index is 12.7. The van der Waals surface area contributed by atoms with Crippen molar-refractivity contribution in [3.05, 3.63) is 58.9 Å². The Morgan fingerprint density at radius 3 is 2.95 bits per heavy atom. The summed E-state index contributed by atoms with van der Waals surface area (Å²) in [4.78, 5) is 19.2. The monoisotopic (exact) mass is 295 g/mol. The molecule has 22 heavy (non-hydrogen) atoms. The molecule has 0 unspecified atom stereocenters. The summed E-state index contributed by atoms with van der Waals surface area (Å²) < 4.78 is 0. The van der Waals surface area contributed by atoms with E-state index < -0.39 is 0 Å². The number of aromatic nitrogens is 1. The van der Waals surface area contributed by atoms with Crippen LogP contribution in [0, 0.1) is 0 Å². The van der Waals surface area contributed by atoms with Gasteiger partial charge in [-0.05, 0) is 42.6 Å². The first-order valence-corrected chi connectivity index (χ1v) is 7.72. The smallest absolute Gasteiger partial charge is 0.257 e. The number of rotatable bonds is 3. The third-order valence-electron chi connectivity index (χ3n) is 4.22. The zero-order valence-corrected chi connectivity index (χ0v) is 13.1. The SMILES string of the molecule is CCc1ccccc1NC(=O)c1cncc2c1CCN(C)C2. The second kappa shape index (κ2) is 6.28. The topological polar surface area (TPSA) is 45.2 Å². The number of pyridine rings is 1. The van der Waals surface area contributed by atoms with Crippen molar-refractivity contribution in [3.8, 4) is 0 Å². The van der Waals surface area contributed by atoms with Crippen molar-refractivity contribution in [2.75, 3.05) is 18.9 Å². The number of carbonyl (C=O) groups excluding carboxylic acids is 1. The van der Waals surface area contributed by atoms with Gasteiger partial charge in [-0.25, -0.2) is 0 Å². The Morgan fingerprint density at radius 1 is 1.32 bits per heavy atom. The lowest BCUT2D eigenvalue weighted by Gasteiger charge is -2.26. The molecular formula is C18H21N3O. The van der Waals surface area contributed by atoms with Crippen LogP contribution in [0.5, 0.6) is 0 Å². The number of anilines is 1. The lowest BCUT2D eigenvalue weighted by Crippen LogP contribution is -2.29. The van der Waals surface area contributed by atoms with Gasteiger partial charge in [0, 0.05) is 31.2 Å². The standard InChI is InChI=1S/C18H21N3O/c1-3-13-6-4-5-7-17(13)20-18(22)16-11-19-10-14-12-21(2)9-8-15(14)16/h4-7,10-11H,3,8-9,12H2,1-2H3,(H,20,22). The normalized spacial score (nSPS) is 14.5. The summed E-state index contributed by atoms with van der Waals surface area (Å²) in [5.41, 5.74) is 5.04. The van der Waals surface area contributed by atoms with Gasteiger partial charge in [0.2, 0.25) is 0 Å². The summed E-state index contributed by atoms with van der Waals surface area (Å²) in [7, 11) is 2.09. The third-order valence-corrected chi connectivity index (χ3v) is 4.22. The molecule has 1 aromatic carbocycles. The van der Waals surface area contributed by atoms with Crippen molar-refractivity contribution in [2.24, 2.45) is 0 Å². The molecule has 114 valence electrons. The Balaban J connectivity index is 1.89. The van der Waals surface area contributed by atoms with Gasteiger partial charge in [-0.2, -0.15) is 0 Å². The molecule has 4 nitrogen and oxygen atoms in total. The fourth-order valence-corrected chi connectivity index (χ4v) is 2.97. The number of hydrogen-bond acceptors (Lipinski definition) is 3. The predicted molar refractivity (Wildman–Crippen MR) is 88.0 cm³/mol. The van der Waals surface area contributed by atoms with E-state index in [1.54, 1.807) is 6.20 Å². The first kappa shape index (κ1) is 14.7. The molecule has 2 aromatic rings. The van der Waals surface area contributed by atoms with Gasteiger partial charge >= 0.3 is 0 Å². The van der Waals surface area contributed by atoms with Crippen molar-refractivity contribution in [1.82, 2.24) is 9.88 Å². The Hall–Kier alpha value is -2.20. The first-order chi connectivity index (χ1) is 10.7. The molecule has 0 bridgehead atoms. The quantitative estimate of drug-likeness (QED) is 0.947. The average Bonchev–Trinajstić information content (AvgIpc) is 2.54. The van der Waals surface area contributed by atoms with Crippen LogP contribution in [0.15, 0.2) is 36.7 Å². The highest BCUT2D eigenvalue weighted by molar-refractivity contribution is 6.05. The largest absolute Gasteiger partial charge is 0.322 e. The Morgan fingerprint density at radius 2 is 2.14 bits per heavy atom. The number of para-hydroxylation sites is 1. The summed E-state index contributed by atoms with van der Waals surface area (Å²) in [5.74, 6) is -0.0604. The number of nitrogens with one attached hydrogen (secondary N) is 1. The van der Waals surface area contributed by atoms with Crippen molar-refractivity contribution in [1.29, 1.82) is 0 Å². The molecule has 0 spiro atoms. The molecule has 1 aliphatic rings. The molecule has 0 fully saturated rings. The van der Waals surface area contributed by atoms with Crippen LogP contribution in [0.25, 0.3) is 0 Å². The van der Waals surface area contributed by atoms with Gasteiger partial charge in [-0.1, -0.05) is 25.1 Å². The van der Waals surface area contributed by atoms with Crippen molar-refractivity contribution >= 4 is 11.6 Å². The van der Waals surface area contributed by atoms with Crippen LogP contribution < -0.4 is 5.32 Å². The second-order valence-electron chi connectivity index (χ2n) is 5.78. The van der Waals surface area contributed by atoms with Crippen LogP contribution in [-0.4, -0.2) is 29.4 Å². The van der Waals surface area contributed by atoms with E-state index in [0.29, 0.717) is 5.56 Å². The molecule has 0 saturated carbocycles. The van der Waals surface area contributed by atoms with Crippen LogP contribution in [0.4, 0.5) is 5.69 Å². The number of hydrogen-bond donors (Lipinski definition) is 1. The minimum absolute atomic E-state index is 0.0604. The van der Waals surface area contributed by atoms with Gasteiger partial charge in [0.05, 0.1) is 5.56 Å². The van der Waals surface area contributed by atoms with E-state index in [4.69, 9.17) is 0 Å². The van der Waals surface area contributed by atoms with E-state index in [-0.39, 0.29) is 5.91 Å². The van der Waals surface area contributed by atoms with Crippen LogP contribution in [0.2, 0.25) is 0 Å². The minimum Gasteiger partial charge on any atom is -0.322 e. The number of amides is 1. The number of fused-ring (bicyclic) bond motifs is 1. The van der Waals surface area contributed by atoms with Crippen LogP contribution in [0.1, 0.15) is 34.0 Å². The van der Waals surface area contributed by atoms with E-state index in [2.05, 4.69) is 29.2 Å². The Kier molecular flexibility index (Phi) is 4.20. The van der Waals surface area contributed by atoms with E-state index in [1.807, 2.05) is 30.5 Å². The van der Waals surface area contributed by atoms with Gasteiger partial charge in [0.15, 0.2) is 0 Å². The fraction of sp³-hybridized carbons (Fsp3) is 0.333. The number of benzene rings is 1. The van der Waals surface area contributed by atoms with E-state index in [0.717, 1.165) is 48.3 Å². The highest BCUT2D eigenvalue weighted by atomic mass is 16.1. The van der Waals surface area contributed by atoms with Gasteiger partial charge in [-0.15, -0.1) is 0 Å². The number of nitrogens with zero attached hydrogens (tertiary/aromatic N) is 2. The average molecular weight is 295 g/mol. The molecule has 1 aliphatic heterocycles. The first-order valence-electron chi connectivity index (χ1n) is 7.72. The van der Waals surface area contributed by atoms with Gasteiger partial charge in [0.1, 0.15) is 0 Å². The third kappa shape index (κ3) is 2.88. The lowest BCUT2D eigenvalue weighted by molar-refractivity contribution is 0.102. The van der Waals surface area contributed by atoms with Crippen molar-refractivity contribution in [3.63, 3.8) is 0 Å².